The van der Waals surface area contributed by atoms with Gasteiger partial charge in [-0.25, -0.2) is 9.78 Å². The molecule has 4 aromatic rings. The Balaban J connectivity index is 1.83. The van der Waals surface area contributed by atoms with E-state index in [1.165, 1.54) is 18.6 Å². The number of carbonyl (C=O) groups excluding carboxylic acids is 3. The van der Waals surface area contributed by atoms with E-state index in [1.807, 2.05) is 31.2 Å². The molecule has 0 aliphatic rings. The van der Waals surface area contributed by atoms with Crippen LogP contribution in [-0.2, 0) is 14.3 Å². The second kappa shape index (κ2) is 10.8. The van der Waals surface area contributed by atoms with Gasteiger partial charge in [0.15, 0.2) is 0 Å². The molecule has 0 bridgehead atoms. The Labute approximate surface area is 218 Å². The van der Waals surface area contributed by atoms with Crippen LogP contribution < -0.4 is 10.6 Å². The number of ether oxygens (including phenoxy) is 1. The normalized spacial score (nSPS) is 12.7. The molecule has 11 heteroatoms. The van der Waals surface area contributed by atoms with E-state index in [0.717, 1.165) is 5.39 Å². The van der Waals surface area contributed by atoms with Crippen LogP contribution in [0.3, 0.4) is 0 Å². The van der Waals surface area contributed by atoms with Crippen LogP contribution in [0.25, 0.3) is 27.8 Å². The van der Waals surface area contributed by atoms with Crippen molar-refractivity contribution >= 4 is 46.1 Å². The number of anilines is 1. The van der Waals surface area contributed by atoms with E-state index in [1.54, 1.807) is 35.9 Å². The molecule has 0 spiro atoms. The number of fused-ring (bicyclic) bond motifs is 2. The van der Waals surface area contributed by atoms with Gasteiger partial charge >= 0.3 is 11.9 Å². The number of imidazole rings is 1. The van der Waals surface area contributed by atoms with Gasteiger partial charge in [-0.2, -0.15) is 0 Å². The largest absolute Gasteiger partial charge is 0.480 e. The van der Waals surface area contributed by atoms with E-state index in [9.17, 15) is 24.3 Å². The highest BCUT2D eigenvalue weighted by atomic mass is 16.5. The fourth-order valence-corrected chi connectivity index (χ4v) is 4.31. The van der Waals surface area contributed by atoms with Gasteiger partial charge in [-0.3, -0.25) is 23.4 Å². The van der Waals surface area contributed by atoms with Crippen LogP contribution >= 0.6 is 0 Å². The summed E-state index contributed by atoms with van der Waals surface area (Å²) in [5.74, 6) is -2.10. The maximum atomic E-state index is 13.0. The second-order valence-electron chi connectivity index (χ2n) is 9.01. The highest BCUT2D eigenvalue weighted by Gasteiger charge is 2.26. The summed E-state index contributed by atoms with van der Waals surface area (Å²) in [5.41, 5.74) is 2.44. The van der Waals surface area contributed by atoms with Crippen LogP contribution in [0, 0.1) is 5.92 Å². The summed E-state index contributed by atoms with van der Waals surface area (Å²) >= 11 is 0. The summed E-state index contributed by atoms with van der Waals surface area (Å²) in [6.07, 6.45) is 3.89. The fourth-order valence-electron chi connectivity index (χ4n) is 4.31. The number of nitrogens with one attached hydrogen (secondary N) is 2. The summed E-state index contributed by atoms with van der Waals surface area (Å²) in [6.45, 7) is 4.95. The molecule has 3 aromatic heterocycles. The number of rotatable bonds is 9. The number of carboxylic acid groups (broad SMARTS) is 1. The Bertz CT molecular complexity index is 1550. The van der Waals surface area contributed by atoms with E-state index >= 15 is 0 Å². The van der Waals surface area contributed by atoms with Gasteiger partial charge in [0.1, 0.15) is 29.7 Å². The molecule has 4 rings (SSSR count). The Morgan fingerprint density at radius 2 is 1.89 bits per heavy atom. The van der Waals surface area contributed by atoms with Gasteiger partial charge in [0.05, 0.1) is 12.6 Å². The average Bonchev–Trinajstić information content (AvgIpc) is 3.47. The van der Waals surface area contributed by atoms with Crippen LogP contribution in [0.15, 0.2) is 48.8 Å². The van der Waals surface area contributed by atoms with Crippen LogP contribution in [-0.4, -0.2) is 62.5 Å². The molecule has 0 radical (unpaired) electrons. The van der Waals surface area contributed by atoms with Crippen LogP contribution in [0.2, 0.25) is 0 Å². The number of aromatic nitrogens is 3. The van der Waals surface area contributed by atoms with Crippen molar-refractivity contribution in [2.24, 2.45) is 5.92 Å². The number of benzene rings is 1. The first-order valence-electron chi connectivity index (χ1n) is 12.1. The van der Waals surface area contributed by atoms with Crippen molar-refractivity contribution in [3.05, 3.63) is 54.4 Å². The zero-order valence-electron chi connectivity index (χ0n) is 21.5. The molecular formula is C27H29N5O6. The second-order valence-corrected chi connectivity index (χ2v) is 9.01. The third-order valence-electron chi connectivity index (χ3n) is 6.59. The van der Waals surface area contributed by atoms with Crippen molar-refractivity contribution in [2.45, 2.75) is 33.2 Å². The lowest BCUT2D eigenvalue weighted by molar-refractivity contribution is -0.140. The Kier molecular flexibility index (Phi) is 7.47. The Morgan fingerprint density at radius 1 is 1.16 bits per heavy atom. The van der Waals surface area contributed by atoms with Crippen molar-refractivity contribution in [1.29, 1.82) is 0 Å². The zero-order chi connectivity index (χ0) is 27.6. The highest BCUT2D eigenvalue weighted by Crippen LogP contribution is 2.35. The predicted octanol–water partition coefficient (Wildman–Crippen LogP) is 3.43. The van der Waals surface area contributed by atoms with E-state index in [4.69, 9.17) is 9.72 Å². The number of pyridine rings is 1. The number of amides is 1. The van der Waals surface area contributed by atoms with E-state index < -0.39 is 23.9 Å². The van der Waals surface area contributed by atoms with Crippen molar-refractivity contribution < 1.29 is 29.0 Å². The van der Waals surface area contributed by atoms with Gasteiger partial charge in [0, 0.05) is 35.8 Å². The number of nitrogens with zero attached hydrogens (tertiary/aromatic N) is 3. The first-order chi connectivity index (χ1) is 18.2. The molecule has 0 saturated heterocycles. The third kappa shape index (κ3) is 4.95. The number of esters is 1. The maximum Gasteiger partial charge on any atom is 0.326 e. The van der Waals surface area contributed by atoms with Crippen molar-refractivity contribution in [1.82, 2.24) is 19.3 Å². The lowest BCUT2D eigenvalue weighted by Crippen LogP contribution is -2.45. The Hall–Kier alpha value is -4.67. The molecule has 3 N–H and O–H groups in total. The standard InChI is InChI=1S/C27H29N5O6/c1-5-15(2)23(27(36)37)30-26(35)17-10-11-31-21(12-17)29-24(25(31)28-13-22(34)38-4)19-14-32(16(3)33)20-9-7-6-8-18(19)20/h6-12,14-15,23,28H,5,13H2,1-4H3,(H,30,35)(H,36,37). The third-order valence-corrected chi connectivity index (χ3v) is 6.59. The van der Waals surface area contributed by atoms with Gasteiger partial charge in [-0.05, 0) is 24.1 Å². The molecule has 0 fully saturated rings. The number of hydrogen-bond acceptors (Lipinski definition) is 7. The Morgan fingerprint density at radius 3 is 2.55 bits per heavy atom. The number of methoxy groups -OCH3 is 1. The van der Waals surface area contributed by atoms with E-state index in [0.29, 0.717) is 34.7 Å². The van der Waals surface area contributed by atoms with Crippen molar-refractivity contribution in [2.75, 3.05) is 19.0 Å². The van der Waals surface area contributed by atoms with Crippen molar-refractivity contribution in [3.8, 4) is 11.3 Å². The summed E-state index contributed by atoms with van der Waals surface area (Å²) in [6, 6.07) is 9.45. The topological polar surface area (TPSA) is 144 Å². The van der Waals surface area contributed by atoms with E-state index in [2.05, 4.69) is 10.6 Å². The van der Waals surface area contributed by atoms with Crippen LogP contribution in [0.5, 0.6) is 0 Å². The minimum absolute atomic E-state index is 0.139. The molecular weight excluding hydrogens is 490 g/mol. The monoisotopic (exact) mass is 519 g/mol. The minimum atomic E-state index is -1.10. The predicted molar refractivity (Wildman–Crippen MR) is 141 cm³/mol. The first-order valence-corrected chi connectivity index (χ1v) is 12.1. The smallest absolute Gasteiger partial charge is 0.326 e. The van der Waals surface area contributed by atoms with Gasteiger partial charge < -0.3 is 20.5 Å². The number of para-hydroxylation sites is 1. The molecule has 0 aliphatic carbocycles. The van der Waals surface area contributed by atoms with Crippen LogP contribution in [0.1, 0.15) is 42.3 Å². The van der Waals surface area contributed by atoms with Gasteiger partial charge in [-0.15, -0.1) is 0 Å². The zero-order valence-corrected chi connectivity index (χ0v) is 21.5. The average molecular weight is 520 g/mol. The fraction of sp³-hybridized carbons (Fsp3) is 0.296. The molecule has 198 valence electrons. The molecule has 2 atom stereocenters. The molecule has 38 heavy (non-hydrogen) atoms. The molecule has 3 heterocycles. The van der Waals surface area contributed by atoms with Crippen molar-refractivity contribution in [3.63, 3.8) is 0 Å². The SMILES string of the molecule is CCC(C)C(NC(=O)c1ccn2c(NCC(=O)OC)c(-c3cn(C(C)=O)c4ccccc34)nc2c1)C(=O)O. The molecule has 0 saturated carbocycles. The lowest BCUT2D eigenvalue weighted by atomic mass is 9.99. The minimum Gasteiger partial charge on any atom is -0.480 e. The number of carboxylic acids is 1. The summed E-state index contributed by atoms with van der Waals surface area (Å²) in [4.78, 5) is 53.6. The quantitative estimate of drug-likeness (QED) is 0.285. The van der Waals surface area contributed by atoms with E-state index in [-0.39, 0.29) is 23.9 Å². The highest BCUT2D eigenvalue weighted by molar-refractivity contribution is 6.03. The molecule has 1 amide bonds. The van der Waals surface area contributed by atoms with Crippen LogP contribution in [0.4, 0.5) is 5.82 Å². The number of hydrogen-bond donors (Lipinski definition) is 3. The summed E-state index contributed by atoms with van der Waals surface area (Å²) in [5, 5.41) is 16.0. The summed E-state index contributed by atoms with van der Waals surface area (Å²) < 4.78 is 7.97. The molecule has 2 unspecified atom stereocenters. The maximum absolute atomic E-state index is 13.0. The van der Waals surface area contributed by atoms with Gasteiger partial charge in [-0.1, -0.05) is 38.5 Å². The summed E-state index contributed by atoms with van der Waals surface area (Å²) in [7, 11) is 1.29. The lowest BCUT2D eigenvalue weighted by Gasteiger charge is -2.20. The number of carbonyl (C=O) groups is 4. The first kappa shape index (κ1) is 26.4. The van der Waals surface area contributed by atoms with Gasteiger partial charge in [0.25, 0.3) is 5.91 Å². The molecule has 0 aliphatic heterocycles. The molecule has 1 aromatic carbocycles. The number of aliphatic carboxylic acids is 1. The van der Waals surface area contributed by atoms with Gasteiger partial charge in [0.2, 0.25) is 5.91 Å². The molecule has 11 nitrogen and oxygen atoms in total.